The summed E-state index contributed by atoms with van der Waals surface area (Å²) in [5.41, 5.74) is 7.83. The number of piperidine rings is 1. The fourth-order valence-corrected chi connectivity index (χ4v) is 3.24. The van der Waals surface area contributed by atoms with Crippen LogP contribution in [0.4, 0.5) is 0 Å². The van der Waals surface area contributed by atoms with Gasteiger partial charge >= 0.3 is 0 Å². The maximum atomic E-state index is 12.8. The smallest absolute Gasteiger partial charge is 0.255 e. The van der Waals surface area contributed by atoms with Gasteiger partial charge in [-0.15, -0.1) is 0 Å². The number of rotatable bonds is 3. The molecule has 24 heavy (non-hydrogen) atoms. The van der Waals surface area contributed by atoms with Gasteiger partial charge in [0.2, 0.25) is 5.91 Å². The third-order valence-corrected chi connectivity index (χ3v) is 4.82. The van der Waals surface area contributed by atoms with E-state index in [0.717, 1.165) is 11.1 Å². The molecule has 2 aromatic carbocycles. The van der Waals surface area contributed by atoms with E-state index in [-0.39, 0.29) is 17.7 Å². The lowest BCUT2D eigenvalue weighted by molar-refractivity contribution is -0.123. The zero-order chi connectivity index (χ0) is 17.1. The van der Waals surface area contributed by atoms with E-state index in [9.17, 15) is 9.59 Å². The molecule has 2 aromatic rings. The molecule has 3 rings (SSSR count). The predicted octanol–water partition coefficient (Wildman–Crippen LogP) is 3.34. The highest BCUT2D eigenvalue weighted by atomic mass is 35.5. The molecule has 2 N–H and O–H groups in total. The Hall–Kier alpha value is -2.33. The summed E-state index contributed by atoms with van der Waals surface area (Å²) in [4.78, 5) is 25.8. The van der Waals surface area contributed by atoms with Crippen molar-refractivity contribution in [3.63, 3.8) is 0 Å². The van der Waals surface area contributed by atoms with Crippen molar-refractivity contribution in [2.75, 3.05) is 13.1 Å². The minimum Gasteiger partial charge on any atom is -0.369 e. The number of nitrogens with zero attached hydrogens (tertiary/aromatic N) is 1. The molecule has 1 aliphatic heterocycles. The van der Waals surface area contributed by atoms with Crippen LogP contribution in [-0.2, 0) is 4.79 Å². The van der Waals surface area contributed by atoms with Gasteiger partial charge in [0.05, 0.1) is 10.6 Å². The Morgan fingerprint density at radius 1 is 1.00 bits per heavy atom. The van der Waals surface area contributed by atoms with Crippen molar-refractivity contribution < 1.29 is 9.59 Å². The summed E-state index contributed by atoms with van der Waals surface area (Å²) in [6.45, 7) is 1.05. The minimum atomic E-state index is -0.286. The first-order valence-electron chi connectivity index (χ1n) is 8.00. The molecule has 5 heteroatoms. The van der Waals surface area contributed by atoms with Gasteiger partial charge < -0.3 is 10.6 Å². The van der Waals surface area contributed by atoms with Crippen LogP contribution >= 0.6 is 11.6 Å². The van der Waals surface area contributed by atoms with Gasteiger partial charge in [0.1, 0.15) is 0 Å². The van der Waals surface area contributed by atoms with Crippen LogP contribution < -0.4 is 5.73 Å². The van der Waals surface area contributed by atoms with Crippen LogP contribution in [-0.4, -0.2) is 29.8 Å². The van der Waals surface area contributed by atoms with Crippen molar-refractivity contribution >= 4 is 23.4 Å². The number of carbonyl (C=O) groups is 2. The zero-order valence-electron chi connectivity index (χ0n) is 13.2. The van der Waals surface area contributed by atoms with Crippen LogP contribution in [0.25, 0.3) is 11.1 Å². The molecule has 1 saturated heterocycles. The molecule has 0 unspecified atom stereocenters. The number of carbonyl (C=O) groups excluding carboxylic acids is 2. The zero-order valence-corrected chi connectivity index (χ0v) is 14.0. The van der Waals surface area contributed by atoms with Gasteiger partial charge in [-0.2, -0.15) is 0 Å². The van der Waals surface area contributed by atoms with Gasteiger partial charge in [0.25, 0.3) is 5.91 Å². The molecule has 0 radical (unpaired) electrons. The Bertz CT molecular complexity index is 753. The maximum Gasteiger partial charge on any atom is 0.255 e. The number of halogens is 1. The van der Waals surface area contributed by atoms with Crippen LogP contribution in [0.1, 0.15) is 23.2 Å². The molecule has 2 amide bonds. The fraction of sp³-hybridized carbons (Fsp3) is 0.263. The highest BCUT2D eigenvalue weighted by molar-refractivity contribution is 6.34. The van der Waals surface area contributed by atoms with E-state index in [1.54, 1.807) is 11.0 Å². The van der Waals surface area contributed by atoms with Gasteiger partial charge in [0, 0.05) is 19.0 Å². The molecule has 4 nitrogen and oxygen atoms in total. The van der Waals surface area contributed by atoms with Gasteiger partial charge in [-0.05, 0) is 36.1 Å². The summed E-state index contributed by atoms with van der Waals surface area (Å²) in [6, 6.07) is 15.4. The van der Waals surface area contributed by atoms with Gasteiger partial charge in [-0.3, -0.25) is 9.59 Å². The Morgan fingerprint density at radius 2 is 1.67 bits per heavy atom. The third kappa shape index (κ3) is 3.44. The molecule has 1 fully saturated rings. The second-order valence-electron chi connectivity index (χ2n) is 6.03. The Balaban J connectivity index is 1.81. The predicted molar refractivity (Wildman–Crippen MR) is 94.7 cm³/mol. The molecular weight excluding hydrogens is 324 g/mol. The van der Waals surface area contributed by atoms with Crippen LogP contribution in [0.2, 0.25) is 5.02 Å². The average molecular weight is 343 g/mol. The highest BCUT2D eigenvalue weighted by Gasteiger charge is 2.27. The molecular formula is C19H19ClN2O2. The van der Waals surface area contributed by atoms with Crippen molar-refractivity contribution in [1.29, 1.82) is 0 Å². The summed E-state index contributed by atoms with van der Waals surface area (Å²) >= 11 is 6.26. The van der Waals surface area contributed by atoms with E-state index in [2.05, 4.69) is 0 Å². The topological polar surface area (TPSA) is 63.4 Å². The molecule has 0 bridgehead atoms. The molecule has 0 aliphatic carbocycles. The Morgan fingerprint density at radius 3 is 2.29 bits per heavy atom. The fourth-order valence-electron chi connectivity index (χ4n) is 3.04. The van der Waals surface area contributed by atoms with E-state index in [0.29, 0.717) is 36.5 Å². The van der Waals surface area contributed by atoms with E-state index in [4.69, 9.17) is 17.3 Å². The first-order chi connectivity index (χ1) is 11.6. The summed E-state index contributed by atoms with van der Waals surface area (Å²) < 4.78 is 0. The Labute approximate surface area is 146 Å². The number of nitrogens with two attached hydrogens (primary N) is 1. The average Bonchev–Trinajstić information content (AvgIpc) is 2.62. The van der Waals surface area contributed by atoms with Crippen LogP contribution in [0.15, 0.2) is 48.5 Å². The lowest BCUT2D eigenvalue weighted by atomic mass is 9.95. The highest BCUT2D eigenvalue weighted by Crippen LogP contribution is 2.27. The van der Waals surface area contributed by atoms with Gasteiger partial charge in [0.15, 0.2) is 0 Å². The lowest BCUT2D eigenvalue weighted by Gasteiger charge is -2.31. The second kappa shape index (κ2) is 7.05. The molecule has 124 valence electrons. The van der Waals surface area contributed by atoms with E-state index in [1.165, 1.54) is 0 Å². The first kappa shape index (κ1) is 16.5. The van der Waals surface area contributed by atoms with E-state index < -0.39 is 0 Å². The van der Waals surface area contributed by atoms with Crippen LogP contribution in [0.3, 0.4) is 0 Å². The maximum absolute atomic E-state index is 12.8. The van der Waals surface area contributed by atoms with Crippen LogP contribution in [0, 0.1) is 5.92 Å². The molecule has 0 atom stereocenters. The van der Waals surface area contributed by atoms with Crippen molar-refractivity contribution in [3.05, 3.63) is 59.1 Å². The number of amides is 2. The molecule has 1 aliphatic rings. The molecule has 0 saturated carbocycles. The summed E-state index contributed by atoms with van der Waals surface area (Å²) in [6.07, 6.45) is 1.22. The normalized spacial score (nSPS) is 15.3. The number of benzene rings is 2. The Kier molecular flexibility index (Phi) is 4.86. The number of hydrogen-bond donors (Lipinski definition) is 1. The number of primary amides is 1. The quantitative estimate of drug-likeness (QED) is 0.929. The minimum absolute atomic E-state index is 0.0966. The van der Waals surface area contributed by atoms with Crippen LogP contribution in [0.5, 0.6) is 0 Å². The van der Waals surface area contributed by atoms with Crippen molar-refractivity contribution in [3.8, 4) is 11.1 Å². The summed E-state index contributed by atoms with van der Waals surface area (Å²) in [5, 5.41) is 0.441. The first-order valence-corrected chi connectivity index (χ1v) is 8.37. The largest absolute Gasteiger partial charge is 0.369 e. The second-order valence-corrected chi connectivity index (χ2v) is 6.44. The number of likely N-dealkylation sites (tertiary alicyclic amines) is 1. The number of hydrogen-bond acceptors (Lipinski definition) is 2. The van der Waals surface area contributed by atoms with Gasteiger partial charge in [-0.25, -0.2) is 0 Å². The van der Waals surface area contributed by atoms with E-state index in [1.807, 2.05) is 42.5 Å². The molecule has 1 heterocycles. The third-order valence-electron chi connectivity index (χ3n) is 4.49. The summed E-state index contributed by atoms with van der Waals surface area (Å²) in [5.74, 6) is -0.521. The monoisotopic (exact) mass is 342 g/mol. The SMILES string of the molecule is NC(=O)C1CCN(C(=O)c2cc(-c3ccccc3)ccc2Cl)CC1. The molecule has 0 spiro atoms. The standard InChI is InChI=1S/C19H19ClN2O2/c20-17-7-6-15(13-4-2-1-3-5-13)12-16(17)19(24)22-10-8-14(9-11-22)18(21)23/h1-7,12,14H,8-11H2,(H2,21,23). The van der Waals surface area contributed by atoms with Gasteiger partial charge in [-0.1, -0.05) is 48.0 Å². The summed E-state index contributed by atoms with van der Waals surface area (Å²) in [7, 11) is 0. The molecule has 0 aromatic heterocycles. The lowest BCUT2D eigenvalue weighted by Crippen LogP contribution is -2.41. The van der Waals surface area contributed by atoms with Crippen molar-refractivity contribution in [2.45, 2.75) is 12.8 Å². The van der Waals surface area contributed by atoms with E-state index >= 15 is 0 Å². The van der Waals surface area contributed by atoms with Crippen molar-refractivity contribution in [2.24, 2.45) is 11.7 Å². The van der Waals surface area contributed by atoms with Crippen molar-refractivity contribution in [1.82, 2.24) is 4.90 Å².